The lowest BCUT2D eigenvalue weighted by Crippen LogP contribution is -2.72. The fraction of sp³-hybridized carbons (Fsp3) is 0.500. The molecule has 43 heavy (non-hydrogen) atoms. The number of alkyl halides is 3. The number of carbonyl (C=O) groups is 2. The van der Waals surface area contributed by atoms with Crippen LogP contribution in [0.4, 0.5) is 0 Å². The molecule has 2 aliphatic heterocycles. The fourth-order valence-electron chi connectivity index (χ4n) is 5.56. The van der Waals surface area contributed by atoms with Gasteiger partial charge in [0.2, 0.25) is 18.3 Å². The van der Waals surface area contributed by atoms with Crippen molar-refractivity contribution in [3.05, 3.63) is 71.8 Å². The molecule has 2 aromatic carbocycles. The van der Waals surface area contributed by atoms with Crippen molar-refractivity contribution in [2.75, 3.05) is 6.61 Å². The first-order valence-electron chi connectivity index (χ1n) is 13.8. The van der Waals surface area contributed by atoms with Crippen LogP contribution in [-0.4, -0.2) is 67.5 Å². The van der Waals surface area contributed by atoms with Crippen LogP contribution >= 0.6 is 34.8 Å². The van der Waals surface area contributed by atoms with Gasteiger partial charge in [0.15, 0.2) is 6.10 Å². The summed E-state index contributed by atoms with van der Waals surface area (Å²) >= 11 is 17.8. The summed E-state index contributed by atoms with van der Waals surface area (Å²) in [6.45, 7) is 12.3. The highest BCUT2D eigenvalue weighted by Crippen LogP contribution is 2.55. The van der Waals surface area contributed by atoms with Gasteiger partial charge in [0, 0.05) is 10.1 Å². The van der Waals surface area contributed by atoms with Crippen molar-refractivity contribution in [2.24, 2.45) is 0 Å². The van der Waals surface area contributed by atoms with Crippen LogP contribution in [0.5, 0.6) is 0 Å². The Kier molecular flexibility index (Phi) is 9.93. The van der Waals surface area contributed by atoms with Crippen molar-refractivity contribution in [1.29, 1.82) is 5.41 Å². The molecule has 5 atom stereocenters. The molecule has 234 valence electrons. The van der Waals surface area contributed by atoms with Crippen LogP contribution in [-0.2, 0) is 27.8 Å². The van der Waals surface area contributed by atoms with Crippen LogP contribution in [0.15, 0.2) is 60.7 Å². The molecule has 2 aromatic rings. The third-order valence-electron chi connectivity index (χ3n) is 7.32. The number of benzene rings is 2. The van der Waals surface area contributed by atoms with Gasteiger partial charge in [0.05, 0.1) is 17.7 Å². The molecular formula is C30H36Cl3NO8Si. The molecule has 0 bridgehead atoms. The maximum Gasteiger partial charge on any atom is 0.349 e. The first-order valence-corrected chi connectivity index (χ1v) is 16.7. The summed E-state index contributed by atoms with van der Waals surface area (Å²) in [6.07, 6.45) is -5.98. The third kappa shape index (κ3) is 7.22. The van der Waals surface area contributed by atoms with Crippen molar-refractivity contribution < 1.29 is 37.4 Å². The largest absolute Gasteiger partial charge is 0.452 e. The fourth-order valence-corrected chi connectivity index (χ4v) is 10.7. The number of fused-ring (bicyclic) bond motifs is 1. The number of hydrogen-bond acceptors (Lipinski definition) is 9. The smallest absolute Gasteiger partial charge is 0.349 e. The lowest BCUT2D eigenvalue weighted by atomic mass is 9.98. The quantitative estimate of drug-likeness (QED) is 0.119. The molecule has 0 aliphatic carbocycles. The van der Waals surface area contributed by atoms with E-state index in [9.17, 15) is 9.59 Å². The van der Waals surface area contributed by atoms with E-state index in [-0.39, 0.29) is 17.7 Å². The molecule has 0 spiro atoms. The number of halogens is 3. The van der Waals surface area contributed by atoms with Crippen molar-refractivity contribution in [2.45, 2.75) is 86.1 Å². The van der Waals surface area contributed by atoms with E-state index in [4.69, 9.17) is 68.0 Å². The average molecular weight is 673 g/mol. The molecule has 0 saturated carbocycles. The van der Waals surface area contributed by atoms with Crippen LogP contribution < -0.4 is 0 Å². The van der Waals surface area contributed by atoms with Gasteiger partial charge in [-0.05, 0) is 24.3 Å². The second-order valence-corrected chi connectivity index (χ2v) is 19.5. The maximum absolute atomic E-state index is 13.5. The highest BCUT2D eigenvalue weighted by atomic mass is 35.6. The van der Waals surface area contributed by atoms with Crippen LogP contribution in [0.2, 0.25) is 10.1 Å². The number of hydrogen-bond donors (Lipinski definition) is 1. The molecule has 2 fully saturated rings. The van der Waals surface area contributed by atoms with Crippen molar-refractivity contribution in [1.82, 2.24) is 0 Å². The van der Waals surface area contributed by atoms with Crippen LogP contribution in [0.25, 0.3) is 0 Å². The minimum Gasteiger partial charge on any atom is -0.452 e. The highest BCUT2D eigenvalue weighted by Gasteiger charge is 2.66. The van der Waals surface area contributed by atoms with E-state index in [1.807, 2.05) is 41.5 Å². The lowest BCUT2D eigenvalue weighted by molar-refractivity contribution is -0.289. The molecule has 0 radical (unpaired) electrons. The summed E-state index contributed by atoms with van der Waals surface area (Å²) in [4.78, 5) is 26.9. The predicted molar refractivity (Wildman–Crippen MR) is 165 cm³/mol. The summed E-state index contributed by atoms with van der Waals surface area (Å²) < 4.78 is 35.2. The normalized spacial score (nSPS) is 25.7. The minimum atomic E-state index is -3.14. The molecule has 2 saturated heterocycles. The van der Waals surface area contributed by atoms with E-state index in [2.05, 4.69) is 0 Å². The van der Waals surface area contributed by atoms with Gasteiger partial charge in [-0.1, -0.05) is 113 Å². The Morgan fingerprint density at radius 3 is 1.70 bits per heavy atom. The third-order valence-corrected chi connectivity index (χ3v) is 13.0. The van der Waals surface area contributed by atoms with Crippen molar-refractivity contribution in [3.63, 3.8) is 0 Å². The van der Waals surface area contributed by atoms with Gasteiger partial charge in [-0.25, -0.2) is 9.59 Å². The van der Waals surface area contributed by atoms with E-state index in [1.54, 1.807) is 60.7 Å². The molecular weight excluding hydrogens is 637 g/mol. The number of nitrogens with one attached hydrogen (secondary N) is 1. The van der Waals surface area contributed by atoms with Crippen LogP contribution in [0.3, 0.4) is 0 Å². The summed E-state index contributed by atoms with van der Waals surface area (Å²) in [6, 6.07) is 16.6. The van der Waals surface area contributed by atoms with E-state index < -0.39 is 71.0 Å². The van der Waals surface area contributed by atoms with E-state index in [0.29, 0.717) is 0 Å². The van der Waals surface area contributed by atoms with E-state index in [0.717, 1.165) is 0 Å². The lowest BCUT2D eigenvalue weighted by Gasteiger charge is -2.57. The second-order valence-electron chi connectivity index (χ2n) is 12.5. The van der Waals surface area contributed by atoms with E-state index in [1.165, 1.54) is 0 Å². The van der Waals surface area contributed by atoms with Gasteiger partial charge in [-0.15, -0.1) is 0 Å². The monoisotopic (exact) mass is 671 g/mol. The molecule has 2 heterocycles. The number of esters is 2. The predicted octanol–water partition coefficient (Wildman–Crippen LogP) is 6.98. The number of ether oxygens (including phenoxy) is 4. The molecule has 2 aliphatic rings. The Morgan fingerprint density at radius 1 is 0.791 bits per heavy atom. The SMILES string of the molecule is CC(C)(C)[Si]1(C(C)(C)C)OCC2O[C@H](OC(=N)C(Cl)(Cl)Cl)C(OC(=O)c3ccccc3)C(OC(=O)c3ccccc3)[C@H]2O1. The van der Waals surface area contributed by atoms with Gasteiger partial charge >= 0.3 is 20.5 Å². The highest BCUT2D eigenvalue weighted by molar-refractivity contribution is 6.76. The molecule has 0 amide bonds. The summed E-state index contributed by atoms with van der Waals surface area (Å²) in [5, 5.41) is 7.36. The van der Waals surface area contributed by atoms with Crippen molar-refractivity contribution in [3.8, 4) is 0 Å². The van der Waals surface area contributed by atoms with Crippen molar-refractivity contribution >= 4 is 61.2 Å². The molecule has 1 N–H and O–H groups in total. The Balaban J connectivity index is 1.81. The molecule has 4 rings (SSSR count). The zero-order valence-corrected chi connectivity index (χ0v) is 28.0. The first-order chi connectivity index (χ1) is 19.9. The minimum absolute atomic E-state index is 0.0606. The zero-order valence-electron chi connectivity index (χ0n) is 24.8. The zero-order chi connectivity index (χ0) is 31.8. The van der Waals surface area contributed by atoms with Crippen LogP contribution in [0, 0.1) is 5.41 Å². The Hall–Kier alpha value is -2.18. The molecule has 9 nitrogen and oxygen atoms in total. The average Bonchev–Trinajstić information content (AvgIpc) is 2.93. The van der Waals surface area contributed by atoms with Gasteiger partial charge in [-0.3, -0.25) is 5.41 Å². The topological polar surface area (TPSA) is 113 Å². The summed E-state index contributed by atoms with van der Waals surface area (Å²) in [5.74, 6) is -2.21. The van der Waals surface area contributed by atoms with Crippen LogP contribution in [0.1, 0.15) is 62.3 Å². The Bertz CT molecular complexity index is 1300. The number of carbonyl (C=O) groups excluding carboxylic acids is 2. The molecule has 13 heteroatoms. The summed E-state index contributed by atoms with van der Waals surface area (Å²) in [7, 11) is -3.14. The maximum atomic E-state index is 13.5. The van der Waals surface area contributed by atoms with Gasteiger partial charge in [0.1, 0.15) is 12.2 Å². The Labute approximate surface area is 267 Å². The summed E-state index contributed by atoms with van der Waals surface area (Å²) in [5.41, 5.74) is 0.501. The first kappa shape index (κ1) is 33.7. The molecule has 0 aromatic heterocycles. The van der Waals surface area contributed by atoms with Gasteiger partial charge in [0.25, 0.3) is 3.79 Å². The number of rotatable bonds is 5. The standard InChI is InChI=1S/C30H36Cl3NO8Si/c1-28(2,3)43(29(4,5)6)37-17-20-21(42-43)22(39-24(35)18-13-9-7-10-14-18)23(26(38-20)41-27(34)30(31,32)33)40-25(36)19-15-11-8-12-16-19/h7-16,20-23,26,34H,17H2,1-6H3/t20?,21-,22?,23?,26+/m0/s1. The van der Waals surface area contributed by atoms with Gasteiger partial charge < -0.3 is 27.8 Å². The second kappa shape index (κ2) is 12.7. The van der Waals surface area contributed by atoms with E-state index >= 15 is 0 Å². The Morgan fingerprint density at radius 2 is 1.26 bits per heavy atom. The molecule has 3 unspecified atom stereocenters. The van der Waals surface area contributed by atoms with Gasteiger partial charge in [-0.2, -0.15) is 0 Å².